The molecule has 0 radical (unpaired) electrons. The molecule has 0 aliphatic rings. The average Bonchev–Trinajstić information content (AvgIpc) is 2.93. The Morgan fingerprint density at radius 1 is 1.02 bits per heavy atom. The number of urea groups is 1. The first-order valence-electron chi connectivity index (χ1n) is 12.8. The second kappa shape index (κ2) is 13.6. The van der Waals surface area contributed by atoms with Gasteiger partial charge < -0.3 is 10.6 Å². The molecule has 1 atom stereocenters. The largest absolute Gasteiger partial charge is 0.417 e. The van der Waals surface area contributed by atoms with Crippen LogP contribution in [0, 0.1) is 6.92 Å². The molecule has 0 aliphatic carbocycles. The summed E-state index contributed by atoms with van der Waals surface area (Å²) in [5.74, 6) is -0.987. The molecule has 42 heavy (non-hydrogen) atoms. The molecule has 0 aliphatic heterocycles. The van der Waals surface area contributed by atoms with Crippen molar-refractivity contribution in [3.05, 3.63) is 83.7 Å². The van der Waals surface area contributed by atoms with Gasteiger partial charge in [0.2, 0.25) is 10.0 Å². The number of pyridine rings is 1. The predicted molar refractivity (Wildman–Crippen MR) is 150 cm³/mol. The zero-order valence-electron chi connectivity index (χ0n) is 22.8. The summed E-state index contributed by atoms with van der Waals surface area (Å²) in [6.45, 7) is 3.30. The Balaban J connectivity index is 1.89. The van der Waals surface area contributed by atoms with Crippen LogP contribution >= 0.6 is 0 Å². The van der Waals surface area contributed by atoms with E-state index in [0.717, 1.165) is 39.2 Å². The normalized spacial score (nSPS) is 13.1. The molecule has 1 heterocycles. The first kappa shape index (κ1) is 33.0. The Bertz CT molecular complexity index is 1620. The van der Waals surface area contributed by atoms with Crippen molar-refractivity contribution >= 4 is 26.2 Å². The van der Waals surface area contributed by atoms with Crippen LogP contribution in [0.3, 0.4) is 0 Å². The molecular formula is C27H31F3N4O6S2. The number of hydrogen-bond donors (Lipinski definition) is 3. The molecule has 0 bridgehead atoms. The van der Waals surface area contributed by atoms with Crippen molar-refractivity contribution in [1.29, 1.82) is 0 Å². The summed E-state index contributed by atoms with van der Waals surface area (Å²) >= 11 is 0. The first-order valence-corrected chi connectivity index (χ1v) is 15.8. The quantitative estimate of drug-likeness (QED) is 0.194. The van der Waals surface area contributed by atoms with E-state index in [1.165, 1.54) is 6.07 Å². The number of rotatable bonds is 12. The molecule has 228 valence electrons. The fourth-order valence-electron chi connectivity index (χ4n) is 4.32. The number of benzene rings is 2. The van der Waals surface area contributed by atoms with Crippen molar-refractivity contribution in [2.24, 2.45) is 0 Å². The van der Waals surface area contributed by atoms with Gasteiger partial charge in [0, 0.05) is 31.5 Å². The number of carbonyl (C=O) groups excluding carboxylic acids is 1. The molecule has 2 amide bonds. The number of alkyl halides is 3. The number of aromatic nitrogens is 1. The van der Waals surface area contributed by atoms with Gasteiger partial charge in [-0.15, -0.1) is 0 Å². The smallest absolute Gasteiger partial charge is 0.338 e. The summed E-state index contributed by atoms with van der Waals surface area (Å²) < 4.78 is 100. The Hall–Kier alpha value is -3.53. The molecule has 3 rings (SSSR count). The van der Waals surface area contributed by atoms with Crippen LogP contribution in [0.5, 0.6) is 0 Å². The second-order valence-corrected chi connectivity index (χ2v) is 12.8. The Morgan fingerprint density at radius 2 is 1.74 bits per heavy atom. The molecule has 3 N–H and O–H groups in total. The first-order chi connectivity index (χ1) is 19.6. The fourth-order valence-corrected chi connectivity index (χ4v) is 6.50. The van der Waals surface area contributed by atoms with Crippen molar-refractivity contribution in [2.45, 2.75) is 43.8 Å². The summed E-state index contributed by atoms with van der Waals surface area (Å²) in [4.78, 5) is 14.9. The van der Waals surface area contributed by atoms with E-state index in [1.54, 1.807) is 37.5 Å². The molecule has 0 saturated carbocycles. The zero-order valence-corrected chi connectivity index (χ0v) is 24.4. The minimum absolute atomic E-state index is 0.00945. The molecule has 0 fully saturated rings. The lowest BCUT2D eigenvalue weighted by molar-refractivity contribution is -0.139. The summed E-state index contributed by atoms with van der Waals surface area (Å²) in [7, 11) is -9.08. The third kappa shape index (κ3) is 8.74. The number of carbonyl (C=O) groups is 1. The maximum atomic E-state index is 13.8. The second-order valence-electron chi connectivity index (χ2n) is 9.47. The van der Waals surface area contributed by atoms with Crippen molar-refractivity contribution < 1.29 is 39.4 Å². The number of unbranched alkanes of at least 4 members (excludes halogenated alkanes) is 1. The molecule has 1 aromatic heterocycles. The van der Waals surface area contributed by atoms with E-state index in [-0.39, 0.29) is 25.9 Å². The predicted octanol–water partition coefficient (Wildman–Crippen LogP) is 4.75. The number of aryl methyl sites for hydroxylation is 1. The van der Waals surface area contributed by atoms with Crippen LogP contribution in [0.25, 0.3) is 11.1 Å². The van der Waals surface area contributed by atoms with E-state index in [1.807, 2.05) is 24.4 Å². The summed E-state index contributed by atoms with van der Waals surface area (Å²) in [5, 5.41) is 4.32. The SMILES string of the molecule is Cc1cnccc1-c1cccc(C(C)N(CCCCNC(=O)NCS(=O)(=O)O)S(=O)(=O)c2ccccc2C(F)(F)F)c1. The van der Waals surface area contributed by atoms with Crippen LogP contribution in [0.2, 0.25) is 0 Å². The summed E-state index contributed by atoms with van der Waals surface area (Å²) in [6.07, 6.45) is -1.22. The van der Waals surface area contributed by atoms with Gasteiger partial charge in [0.1, 0.15) is 5.88 Å². The Morgan fingerprint density at radius 3 is 2.40 bits per heavy atom. The fraction of sp³-hybridized carbons (Fsp3) is 0.333. The third-order valence-electron chi connectivity index (χ3n) is 6.42. The maximum Gasteiger partial charge on any atom is 0.417 e. The molecular weight excluding hydrogens is 597 g/mol. The third-order valence-corrected chi connectivity index (χ3v) is 8.95. The van der Waals surface area contributed by atoms with E-state index in [2.05, 4.69) is 10.3 Å². The lowest BCUT2D eigenvalue weighted by Gasteiger charge is -2.30. The lowest BCUT2D eigenvalue weighted by Crippen LogP contribution is -2.39. The number of amides is 2. The van der Waals surface area contributed by atoms with Gasteiger partial charge in [0.25, 0.3) is 10.1 Å². The van der Waals surface area contributed by atoms with Gasteiger partial charge in [-0.05, 0) is 73.2 Å². The average molecular weight is 629 g/mol. The highest BCUT2D eigenvalue weighted by Crippen LogP contribution is 2.38. The van der Waals surface area contributed by atoms with Gasteiger partial charge in [0.05, 0.1) is 10.5 Å². The zero-order chi connectivity index (χ0) is 31.1. The highest BCUT2D eigenvalue weighted by molar-refractivity contribution is 7.89. The van der Waals surface area contributed by atoms with Crippen molar-refractivity contribution in [3.63, 3.8) is 0 Å². The van der Waals surface area contributed by atoms with Crippen molar-refractivity contribution in [3.8, 4) is 11.1 Å². The summed E-state index contributed by atoms with van der Waals surface area (Å²) in [6, 6.07) is 11.1. The standard InChI is InChI=1S/C27H31F3N4O6S2/c1-19-17-31-14-12-23(19)22-9-7-8-21(16-22)20(2)34(15-6-5-13-32-26(35)33-18-41(36,37)38)42(39,40)25-11-4-3-10-24(25)27(28,29)30/h3-4,7-12,14,16-17,20H,5-6,13,15,18H2,1-2H3,(H2,32,33,35)(H,36,37,38). The number of nitrogens with zero attached hydrogens (tertiary/aromatic N) is 2. The number of hydrogen-bond acceptors (Lipinski definition) is 6. The van der Waals surface area contributed by atoms with Crippen LogP contribution in [0.15, 0.2) is 71.9 Å². The van der Waals surface area contributed by atoms with Crippen LogP contribution in [0.1, 0.15) is 42.5 Å². The van der Waals surface area contributed by atoms with Gasteiger partial charge in [0.15, 0.2) is 0 Å². The van der Waals surface area contributed by atoms with Crippen LogP contribution in [-0.2, 0) is 26.3 Å². The molecule has 0 spiro atoms. The van der Waals surface area contributed by atoms with Gasteiger partial charge >= 0.3 is 12.2 Å². The highest BCUT2D eigenvalue weighted by atomic mass is 32.2. The number of halogens is 3. The van der Waals surface area contributed by atoms with Gasteiger partial charge in [-0.25, -0.2) is 13.2 Å². The maximum absolute atomic E-state index is 13.8. The molecule has 3 aromatic rings. The highest BCUT2D eigenvalue weighted by Gasteiger charge is 2.40. The van der Waals surface area contributed by atoms with Gasteiger partial charge in [-0.1, -0.05) is 30.3 Å². The van der Waals surface area contributed by atoms with E-state index in [4.69, 9.17) is 4.55 Å². The molecule has 2 aromatic carbocycles. The van der Waals surface area contributed by atoms with E-state index >= 15 is 0 Å². The number of sulfonamides is 1. The van der Waals surface area contributed by atoms with E-state index in [0.29, 0.717) is 5.56 Å². The van der Waals surface area contributed by atoms with Crippen LogP contribution in [0.4, 0.5) is 18.0 Å². The van der Waals surface area contributed by atoms with Gasteiger partial charge in [-0.3, -0.25) is 9.54 Å². The molecule has 15 heteroatoms. The van der Waals surface area contributed by atoms with E-state index < -0.39 is 54.7 Å². The Kier molecular flexibility index (Phi) is 10.7. The Labute approximate surface area is 242 Å². The molecule has 0 saturated heterocycles. The monoisotopic (exact) mass is 628 g/mol. The minimum Gasteiger partial charge on any atom is -0.338 e. The van der Waals surface area contributed by atoms with E-state index in [9.17, 15) is 34.8 Å². The topological polar surface area (TPSA) is 146 Å². The van der Waals surface area contributed by atoms with Crippen LogP contribution < -0.4 is 10.6 Å². The minimum atomic E-state index is -4.91. The lowest BCUT2D eigenvalue weighted by atomic mass is 9.98. The van der Waals surface area contributed by atoms with Crippen LogP contribution in [-0.4, -0.2) is 55.7 Å². The number of nitrogens with one attached hydrogen (secondary N) is 2. The summed E-state index contributed by atoms with van der Waals surface area (Å²) in [5.41, 5.74) is 1.82. The molecule has 10 nitrogen and oxygen atoms in total. The van der Waals surface area contributed by atoms with Crippen molar-refractivity contribution in [2.75, 3.05) is 19.0 Å². The molecule has 1 unspecified atom stereocenters. The van der Waals surface area contributed by atoms with Gasteiger partial charge in [-0.2, -0.15) is 25.9 Å². The van der Waals surface area contributed by atoms with Crippen molar-refractivity contribution in [1.82, 2.24) is 19.9 Å².